The van der Waals surface area contributed by atoms with Crippen LogP contribution in [0.2, 0.25) is 10.0 Å². The average Bonchev–Trinajstić information content (AvgIpc) is 2.73. The molecule has 0 aromatic heterocycles. The number of halogens is 2. The highest BCUT2D eigenvalue weighted by atomic mass is 35.5. The molecule has 2 nitrogen and oxygen atoms in total. The zero-order chi connectivity index (χ0) is 21.4. The highest BCUT2D eigenvalue weighted by molar-refractivity contribution is 6.31. The zero-order valence-electron chi connectivity index (χ0n) is 16.5. The first-order chi connectivity index (χ1) is 14.3. The van der Waals surface area contributed by atoms with Crippen LogP contribution in [0.15, 0.2) is 72.8 Å². The van der Waals surface area contributed by atoms with Gasteiger partial charge in [-0.05, 0) is 90.3 Å². The molecule has 4 aromatic rings. The SMILES string of the molecule is Cc1cc(C(=O)c2ccc(Cl)cc2)c2ccc(C)c(C(=O)c3ccc(Cl)cc3)c2c1. The molecule has 0 radical (unpaired) electrons. The minimum Gasteiger partial charge on any atom is -0.289 e. The van der Waals surface area contributed by atoms with Gasteiger partial charge in [-0.25, -0.2) is 0 Å². The third-order valence-electron chi connectivity index (χ3n) is 5.17. The summed E-state index contributed by atoms with van der Waals surface area (Å²) in [6.07, 6.45) is 0. The number of hydrogen-bond donors (Lipinski definition) is 0. The lowest BCUT2D eigenvalue weighted by molar-refractivity contribution is 0.103. The van der Waals surface area contributed by atoms with Crippen LogP contribution in [-0.2, 0) is 0 Å². The smallest absolute Gasteiger partial charge is 0.193 e. The van der Waals surface area contributed by atoms with Crippen molar-refractivity contribution in [1.29, 1.82) is 0 Å². The lowest BCUT2D eigenvalue weighted by atomic mass is 9.88. The van der Waals surface area contributed by atoms with Crippen LogP contribution in [0.1, 0.15) is 43.0 Å². The number of hydrogen-bond acceptors (Lipinski definition) is 2. The Morgan fingerprint density at radius 1 is 0.633 bits per heavy atom. The third-order valence-corrected chi connectivity index (χ3v) is 5.68. The van der Waals surface area contributed by atoms with Crippen LogP contribution in [-0.4, -0.2) is 11.6 Å². The molecule has 4 aromatic carbocycles. The predicted octanol–water partition coefficient (Wildman–Crippen LogP) is 7.23. The van der Waals surface area contributed by atoms with E-state index in [0.717, 1.165) is 21.9 Å². The van der Waals surface area contributed by atoms with Gasteiger partial charge >= 0.3 is 0 Å². The maximum atomic E-state index is 13.3. The average molecular weight is 433 g/mol. The van der Waals surface area contributed by atoms with E-state index in [1.54, 1.807) is 48.5 Å². The minimum atomic E-state index is -0.103. The van der Waals surface area contributed by atoms with Crippen LogP contribution in [0.5, 0.6) is 0 Å². The quantitative estimate of drug-likeness (QED) is 0.318. The van der Waals surface area contributed by atoms with E-state index in [2.05, 4.69) is 0 Å². The van der Waals surface area contributed by atoms with Crippen LogP contribution in [0.3, 0.4) is 0 Å². The van der Waals surface area contributed by atoms with Gasteiger partial charge in [0, 0.05) is 32.3 Å². The summed E-state index contributed by atoms with van der Waals surface area (Å²) in [5.74, 6) is -0.195. The van der Waals surface area contributed by atoms with Gasteiger partial charge in [-0.1, -0.05) is 41.4 Å². The first-order valence-electron chi connectivity index (χ1n) is 9.49. The lowest BCUT2D eigenvalue weighted by Gasteiger charge is -2.14. The molecule has 0 bridgehead atoms. The summed E-state index contributed by atoms with van der Waals surface area (Å²) >= 11 is 11.9. The van der Waals surface area contributed by atoms with E-state index in [1.165, 1.54) is 0 Å². The summed E-state index contributed by atoms with van der Waals surface area (Å²) < 4.78 is 0. The first-order valence-corrected chi connectivity index (χ1v) is 10.3. The molecule has 30 heavy (non-hydrogen) atoms. The fraction of sp³-hybridized carbons (Fsp3) is 0.0769. The summed E-state index contributed by atoms with van der Waals surface area (Å²) in [7, 11) is 0. The lowest BCUT2D eigenvalue weighted by Crippen LogP contribution is -2.08. The molecule has 0 saturated carbocycles. The molecule has 4 heteroatoms. The van der Waals surface area contributed by atoms with E-state index in [4.69, 9.17) is 23.2 Å². The van der Waals surface area contributed by atoms with E-state index in [0.29, 0.717) is 32.3 Å². The number of ketones is 2. The second kappa shape index (κ2) is 8.06. The number of carbonyl (C=O) groups is 2. The normalized spacial score (nSPS) is 10.9. The monoisotopic (exact) mass is 432 g/mol. The van der Waals surface area contributed by atoms with Gasteiger partial charge in [0.25, 0.3) is 0 Å². The summed E-state index contributed by atoms with van der Waals surface area (Å²) in [5, 5.41) is 2.68. The van der Waals surface area contributed by atoms with Gasteiger partial charge in [0.1, 0.15) is 0 Å². The molecule has 0 N–H and O–H groups in total. The molecule has 0 fully saturated rings. The Balaban J connectivity index is 1.92. The zero-order valence-corrected chi connectivity index (χ0v) is 18.0. The summed E-state index contributed by atoms with van der Waals surface area (Å²) in [5.41, 5.74) is 4.05. The predicted molar refractivity (Wildman–Crippen MR) is 123 cm³/mol. The minimum absolute atomic E-state index is 0.0924. The van der Waals surface area contributed by atoms with Crippen molar-refractivity contribution >= 4 is 45.5 Å². The van der Waals surface area contributed by atoms with Gasteiger partial charge in [-0.15, -0.1) is 0 Å². The molecule has 0 amide bonds. The van der Waals surface area contributed by atoms with Gasteiger partial charge in [-0.2, -0.15) is 0 Å². The Morgan fingerprint density at radius 2 is 1.17 bits per heavy atom. The Morgan fingerprint density at radius 3 is 1.73 bits per heavy atom. The molecule has 0 aliphatic carbocycles. The van der Waals surface area contributed by atoms with Crippen molar-refractivity contribution in [1.82, 2.24) is 0 Å². The van der Waals surface area contributed by atoms with E-state index >= 15 is 0 Å². The molecular weight excluding hydrogens is 415 g/mol. The van der Waals surface area contributed by atoms with E-state index in [1.807, 2.05) is 38.1 Å². The van der Waals surface area contributed by atoms with Gasteiger partial charge < -0.3 is 0 Å². The molecule has 0 aliphatic rings. The topological polar surface area (TPSA) is 34.1 Å². The van der Waals surface area contributed by atoms with Crippen LogP contribution in [0, 0.1) is 13.8 Å². The van der Waals surface area contributed by atoms with Crippen molar-refractivity contribution in [2.45, 2.75) is 13.8 Å². The second-order valence-electron chi connectivity index (χ2n) is 7.34. The second-order valence-corrected chi connectivity index (χ2v) is 8.21. The third kappa shape index (κ3) is 3.77. The van der Waals surface area contributed by atoms with E-state index in [9.17, 15) is 9.59 Å². The molecule has 0 unspecified atom stereocenters. The molecule has 0 heterocycles. The summed E-state index contributed by atoms with van der Waals surface area (Å²) in [4.78, 5) is 26.6. The van der Waals surface area contributed by atoms with Crippen molar-refractivity contribution < 1.29 is 9.59 Å². The summed E-state index contributed by atoms with van der Waals surface area (Å²) in [6, 6.07) is 21.3. The number of aryl methyl sites for hydroxylation is 2. The highest BCUT2D eigenvalue weighted by Gasteiger charge is 2.20. The van der Waals surface area contributed by atoms with E-state index < -0.39 is 0 Å². The standard InChI is InChI=1S/C26H18Cl2O2/c1-15-13-22-21(23(14-15)25(29)17-4-8-19(27)9-5-17)12-3-16(2)24(22)26(30)18-6-10-20(28)11-7-18/h3-14H,1-2H3. The molecule has 148 valence electrons. The highest BCUT2D eigenvalue weighted by Crippen LogP contribution is 2.30. The Kier molecular flexibility index (Phi) is 5.46. The molecule has 0 spiro atoms. The Labute approximate surface area is 185 Å². The molecule has 0 saturated heterocycles. The summed E-state index contributed by atoms with van der Waals surface area (Å²) in [6.45, 7) is 3.84. The number of carbonyl (C=O) groups excluding carboxylic acids is 2. The fourth-order valence-electron chi connectivity index (χ4n) is 3.68. The number of fused-ring (bicyclic) bond motifs is 1. The van der Waals surface area contributed by atoms with Crippen molar-refractivity contribution in [3.05, 3.63) is 116 Å². The van der Waals surface area contributed by atoms with Crippen molar-refractivity contribution in [3.8, 4) is 0 Å². The van der Waals surface area contributed by atoms with Gasteiger partial charge in [0.2, 0.25) is 0 Å². The first kappa shape index (κ1) is 20.3. The largest absolute Gasteiger partial charge is 0.289 e. The Bertz CT molecular complexity index is 1290. The van der Waals surface area contributed by atoms with Crippen molar-refractivity contribution in [2.24, 2.45) is 0 Å². The van der Waals surface area contributed by atoms with Crippen molar-refractivity contribution in [2.75, 3.05) is 0 Å². The number of rotatable bonds is 4. The van der Waals surface area contributed by atoms with Gasteiger partial charge in [0.05, 0.1) is 0 Å². The van der Waals surface area contributed by atoms with Crippen LogP contribution >= 0.6 is 23.2 Å². The fourth-order valence-corrected chi connectivity index (χ4v) is 3.93. The maximum absolute atomic E-state index is 13.3. The molecule has 0 atom stereocenters. The molecule has 0 aliphatic heterocycles. The Hall–Kier alpha value is -2.94. The molecule has 4 rings (SSSR count). The number of benzene rings is 4. The van der Waals surface area contributed by atoms with Crippen molar-refractivity contribution in [3.63, 3.8) is 0 Å². The van der Waals surface area contributed by atoms with Gasteiger partial charge in [-0.3, -0.25) is 9.59 Å². The molecular formula is C26H18Cl2O2. The maximum Gasteiger partial charge on any atom is 0.193 e. The van der Waals surface area contributed by atoms with Gasteiger partial charge in [0.15, 0.2) is 11.6 Å². The van der Waals surface area contributed by atoms with E-state index in [-0.39, 0.29) is 11.6 Å². The van der Waals surface area contributed by atoms with Crippen LogP contribution in [0.4, 0.5) is 0 Å². The van der Waals surface area contributed by atoms with Crippen LogP contribution in [0.25, 0.3) is 10.8 Å². The van der Waals surface area contributed by atoms with Crippen LogP contribution < -0.4 is 0 Å².